The number of benzene rings is 3. The van der Waals surface area contributed by atoms with Crippen molar-refractivity contribution in [2.24, 2.45) is 0 Å². The largest absolute Gasteiger partial charge is 0.453 e. The summed E-state index contributed by atoms with van der Waals surface area (Å²) in [6, 6.07) is 17.0. The lowest BCUT2D eigenvalue weighted by Gasteiger charge is -2.16. The third kappa shape index (κ3) is 6.83. The molecule has 0 fully saturated rings. The lowest BCUT2D eigenvalue weighted by molar-refractivity contribution is 0.186. The number of hydrogen-bond acceptors (Lipinski definition) is 5. The third-order valence-electron chi connectivity index (χ3n) is 5.83. The minimum absolute atomic E-state index is 0.116. The van der Waals surface area contributed by atoms with Crippen molar-refractivity contribution in [2.75, 3.05) is 12.4 Å². The number of hydrogen-bond donors (Lipinski definition) is 3. The van der Waals surface area contributed by atoms with Crippen molar-refractivity contribution in [3.8, 4) is 0 Å². The first kappa shape index (κ1) is 27.2. The second-order valence-corrected chi connectivity index (χ2v) is 9.82. The molecule has 0 aliphatic rings. The molecule has 0 unspecified atom stereocenters. The first-order chi connectivity index (χ1) is 17.3. The molecular formula is C27H33N3O5S. The summed E-state index contributed by atoms with van der Waals surface area (Å²) in [6.07, 6.45) is 4.98. The molecule has 1 amide bonds. The van der Waals surface area contributed by atoms with Crippen LogP contribution >= 0.6 is 0 Å². The number of nitrogens with zero attached hydrogens (tertiary/aromatic N) is 1. The molecular weight excluding hydrogens is 478 g/mol. The van der Waals surface area contributed by atoms with Crippen LogP contribution < -0.4 is 5.32 Å². The third-order valence-corrected chi connectivity index (χ3v) is 6.81. The first-order valence-corrected chi connectivity index (χ1v) is 13.5. The fourth-order valence-electron chi connectivity index (χ4n) is 4.09. The van der Waals surface area contributed by atoms with Gasteiger partial charge in [-0.15, -0.1) is 0 Å². The van der Waals surface area contributed by atoms with Crippen LogP contribution in [0.5, 0.6) is 0 Å². The van der Waals surface area contributed by atoms with E-state index in [1.165, 1.54) is 7.11 Å². The lowest BCUT2D eigenvalue weighted by Crippen LogP contribution is -2.11. The number of para-hydroxylation sites is 2. The van der Waals surface area contributed by atoms with Crippen molar-refractivity contribution in [3.05, 3.63) is 65.7 Å². The van der Waals surface area contributed by atoms with Gasteiger partial charge in [0, 0.05) is 5.39 Å². The van der Waals surface area contributed by atoms with Crippen LogP contribution in [-0.2, 0) is 27.7 Å². The van der Waals surface area contributed by atoms with Gasteiger partial charge in [-0.05, 0) is 54.3 Å². The number of unbranched alkanes of at least 4 members (excludes halogenated alkanes) is 2. The molecule has 3 aromatic carbocycles. The van der Waals surface area contributed by atoms with Crippen molar-refractivity contribution in [2.45, 2.75) is 57.3 Å². The Hall–Kier alpha value is -3.43. The van der Waals surface area contributed by atoms with Gasteiger partial charge >= 0.3 is 6.09 Å². The van der Waals surface area contributed by atoms with Crippen LogP contribution in [0.25, 0.3) is 21.8 Å². The van der Waals surface area contributed by atoms with E-state index in [-0.39, 0.29) is 4.90 Å². The molecule has 1 heterocycles. The zero-order chi connectivity index (χ0) is 26.1. The van der Waals surface area contributed by atoms with Gasteiger partial charge < -0.3 is 9.72 Å². The van der Waals surface area contributed by atoms with E-state index in [0.29, 0.717) is 17.8 Å². The van der Waals surface area contributed by atoms with Crippen molar-refractivity contribution >= 4 is 44.0 Å². The number of H-pyrrole nitrogens is 1. The van der Waals surface area contributed by atoms with Gasteiger partial charge in [0.15, 0.2) is 0 Å². The summed E-state index contributed by atoms with van der Waals surface area (Å²) in [5.74, 6) is 0.387. The van der Waals surface area contributed by atoms with Crippen molar-refractivity contribution < 1.29 is 22.5 Å². The maximum atomic E-state index is 12.0. The van der Waals surface area contributed by atoms with Gasteiger partial charge in [0.1, 0.15) is 4.90 Å². The molecule has 0 spiro atoms. The topological polar surface area (TPSA) is 121 Å². The fraction of sp³-hybridized carbons (Fsp3) is 0.333. The normalized spacial score (nSPS) is 11.2. The Morgan fingerprint density at radius 1 is 1.03 bits per heavy atom. The summed E-state index contributed by atoms with van der Waals surface area (Å²) in [6.45, 7) is 4.20. The average Bonchev–Trinajstić information content (AvgIpc) is 3.27. The van der Waals surface area contributed by atoms with Gasteiger partial charge in [0.25, 0.3) is 10.1 Å². The molecule has 0 aliphatic heterocycles. The van der Waals surface area contributed by atoms with E-state index >= 15 is 0 Å². The summed E-state index contributed by atoms with van der Waals surface area (Å²) >= 11 is 0. The van der Waals surface area contributed by atoms with Crippen LogP contribution in [-0.4, -0.2) is 36.1 Å². The highest BCUT2D eigenvalue weighted by molar-refractivity contribution is 7.86. The zero-order valence-electron chi connectivity index (χ0n) is 20.9. The number of ether oxygens (including phenoxy) is 1. The van der Waals surface area contributed by atoms with Crippen molar-refractivity contribution in [1.29, 1.82) is 0 Å². The smallest absolute Gasteiger partial charge is 0.413 e. The second kappa shape index (κ2) is 12.5. The van der Waals surface area contributed by atoms with E-state index < -0.39 is 16.2 Å². The Balaban J connectivity index is 0.000000221. The van der Waals surface area contributed by atoms with Gasteiger partial charge in [0.05, 0.1) is 18.1 Å². The highest BCUT2D eigenvalue weighted by Crippen LogP contribution is 2.32. The van der Waals surface area contributed by atoms with Gasteiger partial charge in [0.2, 0.25) is 5.95 Å². The number of carbonyl (C=O) groups is 1. The van der Waals surface area contributed by atoms with E-state index in [0.717, 1.165) is 59.7 Å². The molecule has 0 bridgehead atoms. The number of aromatic nitrogens is 2. The minimum Gasteiger partial charge on any atom is -0.453 e. The number of aryl methyl sites for hydroxylation is 1. The Bertz CT molecular complexity index is 1400. The van der Waals surface area contributed by atoms with Crippen LogP contribution in [0.4, 0.5) is 10.7 Å². The molecule has 8 nitrogen and oxygen atoms in total. The Kier molecular flexibility index (Phi) is 9.44. The summed E-state index contributed by atoms with van der Waals surface area (Å²) in [5, 5.41) is 3.95. The number of aromatic amines is 1. The SMILES string of the molecule is CCCCc1cc2ccccc2c(S(=O)(=O)O)c1CCCC.COC(=O)Nc1nc2ccccc2[nH]1. The summed E-state index contributed by atoms with van der Waals surface area (Å²) in [7, 11) is -2.93. The molecule has 0 radical (unpaired) electrons. The number of methoxy groups -OCH3 is 1. The van der Waals surface area contributed by atoms with Crippen molar-refractivity contribution in [3.63, 3.8) is 0 Å². The highest BCUT2D eigenvalue weighted by atomic mass is 32.2. The summed E-state index contributed by atoms with van der Waals surface area (Å²) < 4.78 is 38.3. The number of amides is 1. The molecule has 0 aliphatic carbocycles. The second-order valence-electron chi connectivity index (χ2n) is 8.47. The number of carbonyl (C=O) groups excluding carboxylic acids is 1. The van der Waals surface area contributed by atoms with E-state index in [2.05, 4.69) is 39.9 Å². The Labute approximate surface area is 211 Å². The molecule has 192 valence electrons. The molecule has 1 aromatic heterocycles. The minimum atomic E-state index is -4.24. The predicted molar refractivity (Wildman–Crippen MR) is 143 cm³/mol. The Morgan fingerprint density at radius 2 is 1.69 bits per heavy atom. The number of anilines is 1. The monoisotopic (exact) mass is 511 g/mol. The number of fused-ring (bicyclic) bond motifs is 2. The molecule has 0 atom stereocenters. The maximum absolute atomic E-state index is 12.0. The average molecular weight is 512 g/mol. The van der Waals surface area contributed by atoms with Crippen LogP contribution in [0.2, 0.25) is 0 Å². The van der Waals surface area contributed by atoms with Crippen LogP contribution in [0.1, 0.15) is 50.7 Å². The fourth-order valence-corrected chi connectivity index (χ4v) is 5.09. The van der Waals surface area contributed by atoms with E-state index in [1.54, 1.807) is 6.07 Å². The van der Waals surface area contributed by atoms with Gasteiger partial charge in [-0.1, -0.05) is 69.2 Å². The standard InChI is InChI=1S/C18H24O3S.C9H9N3O2/c1-3-5-9-14-13-15-10-7-8-12-17(15)18(22(19,20)21)16(14)11-6-4-2;1-14-9(13)12-8-10-6-4-2-3-5-7(6)11-8/h7-8,10,12-13H,3-6,9,11H2,1-2H3,(H,19,20,21);2-5H,1H3,(H2,10,11,12,13). The molecule has 0 saturated carbocycles. The van der Waals surface area contributed by atoms with Crippen LogP contribution in [0.15, 0.2) is 59.5 Å². The predicted octanol–water partition coefficient (Wildman–Crippen LogP) is 6.51. The molecule has 3 N–H and O–H groups in total. The summed E-state index contributed by atoms with van der Waals surface area (Å²) in [4.78, 5) is 18.1. The number of rotatable bonds is 8. The van der Waals surface area contributed by atoms with Crippen LogP contribution in [0, 0.1) is 0 Å². The maximum Gasteiger partial charge on any atom is 0.413 e. The molecule has 4 rings (SSSR count). The first-order valence-electron chi connectivity index (χ1n) is 12.1. The van der Waals surface area contributed by atoms with E-state index in [1.807, 2.05) is 42.5 Å². The highest BCUT2D eigenvalue weighted by Gasteiger charge is 2.22. The van der Waals surface area contributed by atoms with E-state index in [4.69, 9.17) is 0 Å². The Morgan fingerprint density at radius 3 is 2.36 bits per heavy atom. The van der Waals surface area contributed by atoms with Crippen LogP contribution in [0.3, 0.4) is 0 Å². The zero-order valence-corrected chi connectivity index (χ0v) is 21.7. The quantitative estimate of drug-likeness (QED) is 0.232. The van der Waals surface area contributed by atoms with E-state index in [9.17, 15) is 17.8 Å². The van der Waals surface area contributed by atoms with Gasteiger partial charge in [-0.3, -0.25) is 9.87 Å². The number of imidazole rings is 1. The molecule has 4 aromatic rings. The molecule has 0 saturated heterocycles. The molecule has 36 heavy (non-hydrogen) atoms. The summed E-state index contributed by atoms with van der Waals surface area (Å²) in [5.41, 5.74) is 3.54. The van der Waals surface area contributed by atoms with Gasteiger partial charge in [-0.25, -0.2) is 9.78 Å². The van der Waals surface area contributed by atoms with Crippen molar-refractivity contribution in [1.82, 2.24) is 9.97 Å². The molecule has 9 heteroatoms. The van der Waals surface area contributed by atoms with Gasteiger partial charge in [-0.2, -0.15) is 8.42 Å². The lowest BCUT2D eigenvalue weighted by atomic mass is 9.94. The number of nitrogens with one attached hydrogen (secondary N) is 2.